The number of quaternary nitrogens is 1. The van der Waals surface area contributed by atoms with E-state index in [-0.39, 0.29) is 0 Å². The minimum Gasteiger partial charge on any atom is -0.367 e. The topological polar surface area (TPSA) is 12.5 Å². The van der Waals surface area contributed by atoms with Crippen molar-refractivity contribution < 1.29 is 9.22 Å². The lowest BCUT2D eigenvalue weighted by Gasteiger charge is -2.37. The first kappa shape index (κ1) is 16.7. The van der Waals surface area contributed by atoms with Gasteiger partial charge in [-0.05, 0) is 31.8 Å². The molecule has 1 fully saturated rings. The van der Waals surface area contributed by atoms with Gasteiger partial charge in [0.1, 0.15) is 12.6 Å². The van der Waals surface area contributed by atoms with E-state index < -0.39 is 0 Å². The Labute approximate surface area is 120 Å². The SMILES string of the molecule is CCCCC/C=C/C[N+](CCC)(CCC)CC1CO1. The molecule has 2 heteroatoms. The molecule has 0 amide bonds. The van der Waals surface area contributed by atoms with Gasteiger partial charge in [0.25, 0.3) is 0 Å². The first-order valence-electron chi connectivity index (χ1n) is 8.38. The van der Waals surface area contributed by atoms with Crippen LogP contribution in [0.3, 0.4) is 0 Å². The van der Waals surface area contributed by atoms with Crippen LogP contribution in [0.15, 0.2) is 12.2 Å². The third-order valence-corrected chi connectivity index (χ3v) is 4.02. The smallest absolute Gasteiger partial charge is 0.130 e. The highest BCUT2D eigenvalue weighted by molar-refractivity contribution is 4.82. The van der Waals surface area contributed by atoms with E-state index in [1.54, 1.807) is 0 Å². The molecule has 0 bridgehead atoms. The molecule has 0 N–H and O–H groups in total. The van der Waals surface area contributed by atoms with E-state index in [2.05, 4.69) is 32.9 Å². The van der Waals surface area contributed by atoms with Crippen LogP contribution >= 0.6 is 0 Å². The van der Waals surface area contributed by atoms with Gasteiger partial charge in [-0.25, -0.2) is 0 Å². The molecule has 0 radical (unpaired) electrons. The molecule has 0 aromatic rings. The van der Waals surface area contributed by atoms with E-state index >= 15 is 0 Å². The summed E-state index contributed by atoms with van der Waals surface area (Å²) in [4.78, 5) is 0. The van der Waals surface area contributed by atoms with Crippen molar-refractivity contribution in [2.75, 3.05) is 32.8 Å². The Morgan fingerprint density at radius 1 is 1.00 bits per heavy atom. The lowest BCUT2D eigenvalue weighted by atomic mass is 10.2. The van der Waals surface area contributed by atoms with E-state index in [1.165, 1.54) is 69.2 Å². The van der Waals surface area contributed by atoms with Gasteiger partial charge in [0.05, 0.1) is 26.2 Å². The summed E-state index contributed by atoms with van der Waals surface area (Å²) in [5.41, 5.74) is 0. The summed E-state index contributed by atoms with van der Waals surface area (Å²) in [6.07, 6.45) is 13.2. The summed E-state index contributed by atoms with van der Waals surface area (Å²) in [6.45, 7) is 12.9. The van der Waals surface area contributed by atoms with E-state index in [0.29, 0.717) is 6.10 Å². The molecule has 112 valence electrons. The fourth-order valence-electron chi connectivity index (χ4n) is 3.03. The average Bonchev–Trinajstić information content (AvgIpc) is 3.18. The first-order chi connectivity index (χ1) is 9.26. The van der Waals surface area contributed by atoms with Crippen LogP contribution in [0.5, 0.6) is 0 Å². The second-order valence-corrected chi connectivity index (χ2v) is 6.08. The van der Waals surface area contributed by atoms with Gasteiger partial charge in [0.15, 0.2) is 0 Å². The number of epoxide rings is 1. The largest absolute Gasteiger partial charge is 0.367 e. The van der Waals surface area contributed by atoms with Crippen LogP contribution in [-0.4, -0.2) is 43.4 Å². The highest BCUT2D eigenvalue weighted by atomic mass is 16.6. The molecule has 1 aliphatic rings. The van der Waals surface area contributed by atoms with Crippen LogP contribution in [0.25, 0.3) is 0 Å². The Hall–Kier alpha value is -0.340. The van der Waals surface area contributed by atoms with Gasteiger partial charge in [0, 0.05) is 0 Å². The molecule has 1 heterocycles. The summed E-state index contributed by atoms with van der Waals surface area (Å²) >= 11 is 0. The Morgan fingerprint density at radius 2 is 1.68 bits per heavy atom. The van der Waals surface area contributed by atoms with Crippen molar-refractivity contribution in [3.05, 3.63) is 12.2 Å². The van der Waals surface area contributed by atoms with Crippen molar-refractivity contribution in [1.29, 1.82) is 0 Å². The average molecular weight is 268 g/mol. The van der Waals surface area contributed by atoms with E-state index in [0.717, 1.165) is 6.61 Å². The normalized spacial score (nSPS) is 19.2. The van der Waals surface area contributed by atoms with Crippen LogP contribution in [0, 0.1) is 0 Å². The van der Waals surface area contributed by atoms with Crippen molar-refractivity contribution in [1.82, 2.24) is 0 Å². The number of nitrogens with zero attached hydrogens (tertiary/aromatic N) is 1. The van der Waals surface area contributed by atoms with Gasteiger partial charge in [-0.3, -0.25) is 0 Å². The zero-order chi connectivity index (χ0) is 14.0. The van der Waals surface area contributed by atoms with Crippen LogP contribution in [0.1, 0.15) is 59.3 Å². The van der Waals surface area contributed by atoms with Crippen LogP contribution in [0.2, 0.25) is 0 Å². The van der Waals surface area contributed by atoms with E-state index in [9.17, 15) is 0 Å². The number of unbranched alkanes of at least 4 members (excludes halogenated alkanes) is 3. The maximum Gasteiger partial charge on any atom is 0.130 e. The Kier molecular flexibility index (Phi) is 8.40. The van der Waals surface area contributed by atoms with Crippen LogP contribution < -0.4 is 0 Å². The minimum atomic E-state index is 0.548. The Morgan fingerprint density at radius 3 is 2.21 bits per heavy atom. The molecule has 2 nitrogen and oxygen atoms in total. The zero-order valence-corrected chi connectivity index (χ0v) is 13.4. The third-order valence-electron chi connectivity index (χ3n) is 4.02. The van der Waals surface area contributed by atoms with Crippen molar-refractivity contribution >= 4 is 0 Å². The molecule has 0 saturated carbocycles. The van der Waals surface area contributed by atoms with Crippen molar-refractivity contribution in [2.45, 2.75) is 65.4 Å². The number of rotatable bonds is 12. The zero-order valence-electron chi connectivity index (χ0n) is 13.4. The molecule has 0 aromatic heterocycles. The fourth-order valence-corrected chi connectivity index (χ4v) is 3.03. The summed E-state index contributed by atoms with van der Waals surface area (Å²) < 4.78 is 6.71. The maximum atomic E-state index is 5.48. The van der Waals surface area contributed by atoms with Gasteiger partial charge >= 0.3 is 0 Å². The van der Waals surface area contributed by atoms with Crippen LogP contribution in [0.4, 0.5) is 0 Å². The quantitative estimate of drug-likeness (QED) is 0.224. The van der Waals surface area contributed by atoms with Crippen molar-refractivity contribution in [2.24, 2.45) is 0 Å². The molecule has 1 saturated heterocycles. The predicted molar refractivity (Wildman–Crippen MR) is 83.3 cm³/mol. The Bertz CT molecular complexity index is 240. The molecule has 1 aliphatic heterocycles. The lowest BCUT2D eigenvalue weighted by molar-refractivity contribution is -0.923. The molecule has 1 rings (SSSR count). The standard InChI is InChI=1S/C17H34NO/c1-4-7-8-9-10-11-14-18(12-5-2,13-6-3)15-17-16-19-17/h10-11,17H,4-9,12-16H2,1-3H3/q+1/b11-10+. The molecular formula is C17H34NO+. The summed E-state index contributed by atoms with van der Waals surface area (Å²) in [7, 11) is 0. The minimum absolute atomic E-state index is 0.548. The van der Waals surface area contributed by atoms with Gasteiger partial charge in [-0.15, -0.1) is 0 Å². The van der Waals surface area contributed by atoms with E-state index in [1.807, 2.05) is 0 Å². The van der Waals surface area contributed by atoms with Gasteiger partial charge < -0.3 is 9.22 Å². The lowest BCUT2D eigenvalue weighted by Crippen LogP contribution is -2.51. The molecule has 0 aliphatic carbocycles. The molecule has 1 unspecified atom stereocenters. The van der Waals surface area contributed by atoms with Gasteiger partial charge in [-0.1, -0.05) is 39.7 Å². The Balaban J connectivity index is 2.41. The number of hydrogen-bond donors (Lipinski definition) is 0. The molecule has 0 aromatic carbocycles. The van der Waals surface area contributed by atoms with Gasteiger partial charge in [-0.2, -0.15) is 0 Å². The second-order valence-electron chi connectivity index (χ2n) is 6.08. The van der Waals surface area contributed by atoms with Crippen molar-refractivity contribution in [3.63, 3.8) is 0 Å². The molecule has 0 spiro atoms. The summed E-state index contributed by atoms with van der Waals surface area (Å²) in [5.74, 6) is 0. The fraction of sp³-hybridized carbons (Fsp3) is 0.882. The maximum absolute atomic E-state index is 5.48. The highest BCUT2D eigenvalue weighted by Gasteiger charge is 2.35. The summed E-state index contributed by atoms with van der Waals surface area (Å²) in [5, 5.41) is 0. The molecule has 1 atom stereocenters. The predicted octanol–water partition coefficient (Wildman–Crippen LogP) is 4.16. The molecule has 19 heavy (non-hydrogen) atoms. The summed E-state index contributed by atoms with van der Waals surface area (Å²) in [6, 6.07) is 0. The first-order valence-corrected chi connectivity index (χ1v) is 8.38. The second kappa shape index (κ2) is 9.55. The van der Waals surface area contributed by atoms with Crippen LogP contribution in [-0.2, 0) is 4.74 Å². The number of allylic oxidation sites excluding steroid dienone is 1. The molecular weight excluding hydrogens is 234 g/mol. The highest BCUT2D eigenvalue weighted by Crippen LogP contribution is 2.19. The monoisotopic (exact) mass is 268 g/mol. The van der Waals surface area contributed by atoms with E-state index in [4.69, 9.17) is 4.74 Å². The van der Waals surface area contributed by atoms with Gasteiger partial charge in [0.2, 0.25) is 0 Å². The number of ether oxygens (including phenoxy) is 1. The van der Waals surface area contributed by atoms with Crippen molar-refractivity contribution in [3.8, 4) is 0 Å². The third kappa shape index (κ3) is 7.12. The number of hydrogen-bond acceptors (Lipinski definition) is 1.